The van der Waals surface area contributed by atoms with Crippen LogP contribution in [0.15, 0.2) is 21.5 Å². The topological polar surface area (TPSA) is 25.5 Å². The molecule has 12 heavy (non-hydrogen) atoms. The maximum atomic E-state index is 5.54. The van der Waals surface area contributed by atoms with Gasteiger partial charge < -0.3 is 4.42 Å². The largest absolute Gasteiger partial charge is 0.460 e. The summed E-state index contributed by atoms with van der Waals surface area (Å²) < 4.78 is 5.54. The zero-order valence-electron chi connectivity index (χ0n) is 8.09. The maximum absolute atomic E-state index is 5.54. The van der Waals surface area contributed by atoms with E-state index in [1.807, 2.05) is 12.1 Å². The van der Waals surface area contributed by atoms with E-state index >= 15 is 0 Å². The Morgan fingerprint density at radius 3 is 2.42 bits per heavy atom. The second kappa shape index (κ2) is 3.13. The number of furan rings is 1. The highest BCUT2D eigenvalue weighted by Crippen LogP contribution is 2.23. The first-order valence-electron chi connectivity index (χ1n) is 4.06. The molecule has 0 radical (unpaired) electrons. The van der Waals surface area contributed by atoms with E-state index < -0.39 is 0 Å². The van der Waals surface area contributed by atoms with Gasteiger partial charge in [0.1, 0.15) is 11.5 Å². The molecule has 0 spiro atoms. The van der Waals surface area contributed by atoms with Gasteiger partial charge in [-0.25, -0.2) is 0 Å². The molecule has 0 aromatic carbocycles. The quantitative estimate of drug-likeness (QED) is 0.587. The second-order valence-corrected chi connectivity index (χ2v) is 3.84. The van der Waals surface area contributed by atoms with Crippen molar-refractivity contribution in [3.63, 3.8) is 0 Å². The SMILES string of the molecule is C/N=C\c1ccc(C(C)(C)C)o1. The van der Waals surface area contributed by atoms with E-state index in [2.05, 4.69) is 25.8 Å². The summed E-state index contributed by atoms with van der Waals surface area (Å²) in [7, 11) is 1.74. The second-order valence-electron chi connectivity index (χ2n) is 3.84. The van der Waals surface area contributed by atoms with Gasteiger partial charge in [0, 0.05) is 12.5 Å². The van der Waals surface area contributed by atoms with Crippen LogP contribution >= 0.6 is 0 Å². The molecule has 0 unspecified atom stereocenters. The molecule has 1 rings (SSSR count). The lowest BCUT2D eigenvalue weighted by Gasteiger charge is -2.13. The number of hydrogen-bond acceptors (Lipinski definition) is 2. The summed E-state index contributed by atoms with van der Waals surface area (Å²) in [6, 6.07) is 3.94. The summed E-state index contributed by atoms with van der Waals surface area (Å²) in [5.74, 6) is 1.82. The molecule has 0 saturated carbocycles. The molecule has 66 valence electrons. The summed E-state index contributed by atoms with van der Waals surface area (Å²) in [6.07, 6.45) is 1.72. The highest BCUT2D eigenvalue weighted by Gasteiger charge is 2.17. The molecule has 2 nitrogen and oxygen atoms in total. The average Bonchev–Trinajstić information content (AvgIpc) is 2.35. The fourth-order valence-corrected chi connectivity index (χ4v) is 0.953. The van der Waals surface area contributed by atoms with Gasteiger partial charge in [-0.05, 0) is 12.1 Å². The molecule has 0 saturated heterocycles. The van der Waals surface area contributed by atoms with Crippen LogP contribution in [0.2, 0.25) is 0 Å². The molecule has 1 aromatic rings. The van der Waals surface area contributed by atoms with E-state index in [1.54, 1.807) is 13.3 Å². The van der Waals surface area contributed by atoms with Crippen LogP contribution in [0, 0.1) is 0 Å². The van der Waals surface area contributed by atoms with Crippen molar-refractivity contribution in [1.29, 1.82) is 0 Å². The Kier molecular flexibility index (Phi) is 2.36. The van der Waals surface area contributed by atoms with Gasteiger partial charge in [-0.3, -0.25) is 4.99 Å². The molecular weight excluding hydrogens is 150 g/mol. The van der Waals surface area contributed by atoms with Gasteiger partial charge in [0.2, 0.25) is 0 Å². The number of rotatable bonds is 1. The van der Waals surface area contributed by atoms with E-state index in [0.29, 0.717) is 0 Å². The monoisotopic (exact) mass is 165 g/mol. The summed E-state index contributed by atoms with van der Waals surface area (Å²) in [5, 5.41) is 0. The molecule has 1 aromatic heterocycles. The van der Waals surface area contributed by atoms with Gasteiger partial charge in [-0.1, -0.05) is 20.8 Å². The molecule has 0 aliphatic rings. The normalized spacial score (nSPS) is 12.7. The van der Waals surface area contributed by atoms with Gasteiger partial charge >= 0.3 is 0 Å². The predicted molar refractivity (Wildman–Crippen MR) is 50.9 cm³/mol. The van der Waals surface area contributed by atoms with E-state index in [9.17, 15) is 0 Å². The van der Waals surface area contributed by atoms with E-state index in [4.69, 9.17) is 4.42 Å². The fourth-order valence-electron chi connectivity index (χ4n) is 0.953. The van der Waals surface area contributed by atoms with E-state index in [-0.39, 0.29) is 5.41 Å². The molecule has 0 aliphatic heterocycles. The van der Waals surface area contributed by atoms with Crippen molar-refractivity contribution in [3.8, 4) is 0 Å². The Labute approximate surface area is 73.3 Å². The summed E-state index contributed by atoms with van der Waals surface area (Å²) in [4.78, 5) is 3.88. The Hall–Kier alpha value is -1.05. The average molecular weight is 165 g/mol. The molecule has 0 amide bonds. The summed E-state index contributed by atoms with van der Waals surface area (Å²) >= 11 is 0. The van der Waals surface area contributed by atoms with Crippen molar-refractivity contribution < 1.29 is 4.42 Å². The van der Waals surface area contributed by atoms with Crippen LogP contribution in [0.4, 0.5) is 0 Å². The third-order valence-electron chi connectivity index (χ3n) is 1.62. The molecule has 2 heteroatoms. The Morgan fingerprint density at radius 1 is 1.33 bits per heavy atom. The number of hydrogen-bond donors (Lipinski definition) is 0. The van der Waals surface area contributed by atoms with Gasteiger partial charge in [0.25, 0.3) is 0 Å². The first-order chi connectivity index (χ1) is 5.54. The first-order valence-corrected chi connectivity index (χ1v) is 4.06. The summed E-state index contributed by atoms with van der Waals surface area (Å²) in [5.41, 5.74) is 0.0832. The number of aliphatic imine (C=N–C) groups is 1. The Morgan fingerprint density at radius 2 is 2.00 bits per heavy atom. The van der Waals surface area contributed by atoms with Crippen LogP contribution < -0.4 is 0 Å². The molecule has 0 N–H and O–H groups in total. The third-order valence-corrected chi connectivity index (χ3v) is 1.62. The van der Waals surface area contributed by atoms with Crippen molar-refractivity contribution in [2.45, 2.75) is 26.2 Å². The van der Waals surface area contributed by atoms with Crippen LogP contribution in [0.1, 0.15) is 32.3 Å². The van der Waals surface area contributed by atoms with E-state index in [1.165, 1.54) is 0 Å². The van der Waals surface area contributed by atoms with Gasteiger partial charge in [-0.2, -0.15) is 0 Å². The van der Waals surface area contributed by atoms with Crippen molar-refractivity contribution in [2.24, 2.45) is 4.99 Å². The maximum Gasteiger partial charge on any atom is 0.144 e. The van der Waals surface area contributed by atoms with Crippen LogP contribution in [0.5, 0.6) is 0 Å². The molecule has 0 atom stereocenters. The van der Waals surface area contributed by atoms with Gasteiger partial charge in [0.15, 0.2) is 0 Å². The zero-order chi connectivity index (χ0) is 9.19. The van der Waals surface area contributed by atoms with Crippen molar-refractivity contribution >= 4 is 6.21 Å². The van der Waals surface area contributed by atoms with Gasteiger partial charge in [0.05, 0.1) is 6.21 Å². The highest BCUT2D eigenvalue weighted by molar-refractivity contribution is 5.75. The van der Waals surface area contributed by atoms with Crippen molar-refractivity contribution in [3.05, 3.63) is 23.7 Å². The first kappa shape index (κ1) is 9.04. The fraction of sp³-hybridized carbons (Fsp3) is 0.500. The minimum atomic E-state index is 0.0832. The minimum Gasteiger partial charge on any atom is -0.460 e. The molecule has 0 aliphatic carbocycles. The smallest absolute Gasteiger partial charge is 0.144 e. The Balaban J connectivity index is 2.92. The van der Waals surface area contributed by atoms with Crippen LogP contribution in [0.3, 0.4) is 0 Å². The molecule has 0 bridgehead atoms. The van der Waals surface area contributed by atoms with Crippen molar-refractivity contribution in [1.82, 2.24) is 0 Å². The zero-order valence-corrected chi connectivity index (χ0v) is 8.09. The Bertz CT molecular complexity index is 278. The van der Waals surface area contributed by atoms with Crippen LogP contribution in [0.25, 0.3) is 0 Å². The standard InChI is InChI=1S/C10H15NO/c1-10(2,3)9-6-5-8(12-9)7-11-4/h5-7H,1-4H3/b11-7-. The third kappa shape index (κ3) is 1.97. The molecular formula is C10H15NO. The molecule has 1 heterocycles. The lowest BCUT2D eigenvalue weighted by atomic mass is 9.94. The lowest BCUT2D eigenvalue weighted by molar-refractivity contribution is 0.406. The highest BCUT2D eigenvalue weighted by atomic mass is 16.3. The predicted octanol–water partition coefficient (Wildman–Crippen LogP) is 2.63. The van der Waals surface area contributed by atoms with Gasteiger partial charge in [-0.15, -0.1) is 0 Å². The van der Waals surface area contributed by atoms with E-state index in [0.717, 1.165) is 11.5 Å². The summed E-state index contributed by atoms with van der Waals surface area (Å²) in [6.45, 7) is 6.37. The lowest BCUT2D eigenvalue weighted by Crippen LogP contribution is -2.09. The minimum absolute atomic E-state index is 0.0832. The van der Waals surface area contributed by atoms with Crippen molar-refractivity contribution in [2.75, 3.05) is 7.05 Å². The van der Waals surface area contributed by atoms with Crippen LogP contribution in [-0.2, 0) is 5.41 Å². The molecule has 0 fully saturated rings. The number of nitrogens with zero attached hydrogens (tertiary/aromatic N) is 1. The van der Waals surface area contributed by atoms with Crippen LogP contribution in [-0.4, -0.2) is 13.3 Å².